The maximum absolute atomic E-state index is 13.9. The average molecular weight is 265 g/mol. The highest BCUT2D eigenvalue weighted by Gasteiger charge is 2.35. The van der Waals surface area contributed by atoms with Crippen LogP contribution in [0, 0.1) is 5.82 Å². The lowest BCUT2D eigenvalue weighted by atomic mass is 9.78. The van der Waals surface area contributed by atoms with E-state index in [0.717, 1.165) is 0 Å². The molecule has 0 aliphatic heterocycles. The van der Waals surface area contributed by atoms with Gasteiger partial charge in [-0.1, -0.05) is 18.2 Å². The Kier molecular flexibility index (Phi) is 3.92. The monoisotopic (exact) mass is 265 g/mol. The van der Waals surface area contributed by atoms with Gasteiger partial charge in [-0.2, -0.15) is 5.10 Å². The standard InChI is InChI=1S/C13H16FN3O2/c1-17-12(15-9-16-17)6-13(7-18,8-19)10-4-2-3-5-11(10)14/h2-5,9,18-19H,6-8H2,1H3. The summed E-state index contributed by atoms with van der Waals surface area (Å²) >= 11 is 0. The van der Waals surface area contributed by atoms with Crippen molar-refractivity contribution in [1.29, 1.82) is 0 Å². The maximum Gasteiger partial charge on any atom is 0.138 e. The van der Waals surface area contributed by atoms with E-state index in [1.165, 1.54) is 12.4 Å². The van der Waals surface area contributed by atoms with Crippen LogP contribution in [0.4, 0.5) is 4.39 Å². The summed E-state index contributed by atoms with van der Waals surface area (Å²) < 4.78 is 15.5. The lowest BCUT2D eigenvalue weighted by Crippen LogP contribution is -2.39. The Morgan fingerprint density at radius 1 is 1.26 bits per heavy atom. The fourth-order valence-corrected chi connectivity index (χ4v) is 2.10. The van der Waals surface area contributed by atoms with E-state index in [1.54, 1.807) is 29.9 Å². The Morgan fingerprint density at radius 2 is 1.95 bits per heavy atom. The van der Waals surface area contributed by atoms with Crippen LogP contribution in [0.3, 0.4) is 0 Å². The first kappa shape index (κ1) is 13.6. The summed E-state index contributed by atoms with van der Waals surface area (Å²) in [4.78, 5) is 4.06. The highest BCUT2D eigenvalue weighted by Crippen LogP contribution is 2.29. The molecule has 0 spiro atoms. The molecule has 0 aliphatic carbocycles. The molecule has 0 amide bonds. The normalized spacial score (nSPS) is 11.8. The van der Waals surface area contributed by atoms with Crippen LogP contribution < -0.4 is 0 Å². The summed E-state index contributed by atoms with van der Waals surface area (Å²) in [5.41, 5.74) is -0.824. The van der Waals surface area contributed by atoms with E-state index >= 15 is 0 Å². The summed E-state index contributed by atoms with van der Waals surface area (Å²) in [5.74, 6) is 0.124. The molecule has 0 atom stereocenters. The summed E-state index contributed by atoms with van der Waals surface area (Å²) in [7, 11) is 1.71. The van der Waals surface area contributed by atoms with Crippen LogP contribution in [-0.2, 0) is 18.9 Å². The van der Waals surface area contributed by atoms with Gasteiger partial charge in [0.05, 0.1) is 18.6 Å². The number of rotatable bonds is 5. The molecule has 102 valence electrons. The fraction of sp³-hybridized carbons (Fsp3) is 0.385. The molecule has 1 heterocycles. The number of hydrogen-bond donors (Lipinski definition) is 2. The molecular formula is C13H16FN3O2. The minimum Gasteiger partial charge on any atom is -0.395 e. The van der Waals surface area contributed by atoms with Crippen LogP contribution in [0.15, 0.2) is 30.6 Å². The highest BCUT2D eigenvalue weighted by molar-refractivity contribution is 5.29. The molecule has 0 saturated carbocycles. The highest BCUT2D eigenvalue weighted by atomic mass is 19.1. The van der Waals surface area contributed by atoms with Crippen LogP contribution >= 0.6 is 0 Å². The van der Waals surface area contributed by atoms with E-state index in [9.17, 15) is 14.6 Å². The third-order valence-corrected chi connectivity index (χ3v) is 3.35. The molecule has 2 rings (SSSR count). The number of benzene rings is 1. The molecule has 1 aromatic heterocycles. The zero-order valence-electron chi connectivity index (χ0n) is 10.6. The van der Waals surface area contributed by atoms with E-state index in [-0.39, 0.29) is 25.2 Å². The lowest BCUT2D eigenvalue weighted by molar-refractivity contribution is 0.111. The summed E-state index contributed by atoms with van der Waals surface area (Å²) in [5, 5.41) is 23.3. The molecule has 1 aromatic carbocycles. The Labute approximate surface area is 110 Å². The van der Waals surface area contributed by atoms with E-state index in [1.807, 2.05) is 0 Å². The maximum atomic E-state index is 13.9. The van der Waals surface area contributed by atoms with Crippen molar-refractivity contribution >= 4 is 0 Å². The molecule has 2 N–H and O–H groups in total. The molecule has 2 aromatic rings. The minimum atomic E-state index is -1.11. The Morgan fingerprint density at radius 3 is 2.47 bits per heavy atom. The number of aromatic nitrogens is 3. The number of nitrogens with zero attached hydrogens (tertiary/aromatic N) is 3. The quantitative estimate of drug-likeness (QED) is 0.822. The Hall–Kier alpha value is -1.79. The van der Waals surface area contributed by atoms with E-state index < -0.39 is 11.2 Å². The molecule has 0 fully saturated rings. The Balaban J connectivity index is 2.44. The molecule has 0 radical (unpaired) electrons. The van der Waals surface area contributed by atoms with Crippen LogP contribution in [0.25, 0.3) is 0 Å². The zero-order chi connectivity index (χ0) is 13.9. The van der Waals surface area contributed by atoms with Crippen molar-refractivity contribution in [3.8, 4) is 0 Å². The van der Waals surface area contributed by atoms with Crippen LogP contribution in [0.5, 0.6) is 0 Å². The number of hydrogen-bond acceptors (Lipinski definition) is 4. The number of aryl methyl sites for hydroxylation is 1. The number of aliphatic hydroxyl groups is 2. The van der Waals surface area contributed by atoms with Gasteiger partial charge < -0.3 is 10.2 Å². The minimum absolute atomic E-state index is 0.206. The van der Waals surface area contributed by atoms with Crippen molar-refractivity contribution in [2.75, 3.05) is 13.2 Å². The van der Waals surface area contributed by atoms with Crippen molar-refractivity contribution in [3.05, 3.63) is 47.8 Å². The van der Waals surface area contributed by atoms with Gasteiger partial charge >= 0.3 is 0 Å². The topological polar surface area (TPSA) is 71.2 Å². The van der Waals surface area contributed by atoms with Crippen molar-refractivity contribution in [3.63, 3.8) is 0 Å². The molecule has 0 saturated heterocycles. The number of aliphatic hydroxyl groups excluding tert-OH is 2. The van der Waals surface area contributed by atoms with Gasteiger partial charge in [0.1, 0.15) is 18.0 Å². The predicted octanol–water partition coefficient (Wildman–Crippen LogP) is 0.419. The third-order valence-electron chi connectivity index (χ3n) is 3.35. The predicted molar refractivity (Wildman–Crippen MR) is 67.0 cm³/mol. The SMILES string of the molecule is Cn1ncnc1CC(CO)(CO)c1ccccc1F. The van der Waals surface area contributed by atoms with Crippen LogP contribution in [0.2, 0.25) is 0 Å². The second-order valence-corrected chi connectivity index (χ2v) is 4.55. The van der Waals surface area contributed by atoms with Gasteiger partial charge in [0, 0.05) is 13.5 Å². The average Bonchev–Trinajstić information content (AvgIpc) is 2.82. The molecular weight excluding hydrogens is 249 g/mol. The lowest BCUT2D eigenvalue weighted by Gasteiger charge is -2.30. The summed E-state index contributed by atoms with van der Waals surface area (Å²) in [6.45, 7) is -0.755. The van der Waals surface area contributed by atoms with Gasteiger partial charge in [0.2, 0.25) is 0 Å². The number of halogens is 1. The molecule has 19 heavy (non-hydrogen) atoms. The van der Waals surface area contributed by atoms with Crippen molar-refractivity contribution in [1.82, 2.24) is 14.8 Å². The molecule has 0 aliphatic rings. The van der Waals surface area contributed by atoms with Crippen molar-refractivity contribution < 1.29 is 14.6 Å². The second kappa shape index (κ2) is 5.46. The zero-order valence-corrected chi connectivity index (χ0v) is 10.6. The summed E-state index contributed by atoms with van der Waals surface area (Å²) in [6.07, 6.45) is 1.59. The first-order chi connectivity index (χ1) is 9.13. The van der Waals surface area contributed by atoms with Crippen LogP contribution in [-0.4, -0.2) is 38.2 Å². The van der Waals surface area contributed by atoms with E-state index in [0.29, 0.717) is 5.82 Å². The van der Waals surface area contributed by atoms with Gasteiger partial charge in [-0.25, -0.2) is 9.37 Å². The largest absolute Gasteiger partial charge is 0.395 e. The van der Waals surface area contributed by atoms with Gasteiger partial charge in [-0.05, 0) is 11.6 Å². The van der Waals surface area contributed by atoms with Gasteiger partial charge in [0.25, 0.3) is 0 Å². The Bertz CT molecular complexity index is 552. The van der Waals surface area contributed by atoms with E-state index in [2.05, 4.69) is 10.1 Å². The molecule has 0 unspecified atom stereocenters. The van der Waals surface area contributed by atoms with Gasteiger partial charge in [-0.15, -0.1) is 0 Å². The summed E-state index contributed by atoms with van der Waals surface area (Å²) in [6, 6.07) is 6.13. The van der Waals surface area contributed by atoms with Crippen molar-refractivity contribution in [2.24, 2.45) is 7.05 Å². The molecule has 6 heteroatoms. The first-order valence-electron chi connectivity index (χ1n) is 5.92. The van der Waals surface area contributed by atoms with Crippen molar-refractivity contribution in [2.45, 2.75) is 11.8 Å². The molecule has 5 nitrogen and oxygen atoms in total. The molecule has 0 bridgehead atoms. The fourth-order valence-electron chi connectivity index (χ4n) is 2.10. The third kappa shape index (κ3) is 2.50. The van der Waals surface area contributed by atoms with Gasteiger partial charge in [-0.3, -0.25) is 4.68 Å². The van der Waals surface area contributed by atoms with Crippen LogP contribution in [0.1, 0.15) is 11.4 Å². The second-order valence-electron chi connectivity index (χ2n) is 4.55. The smallest absolute Gasteiger partial charge is 0.138 e. The first-order valence-corrected chi connectivity index (χ1v) is 5.92. The van der Waals surface area contributed by atoms with Gasteiger partial charge in [0.15, 0.2) is 0 Å². The van der Waals surface area contributed by atoms with E-state index in [4.69, 9.17) is 0 Å².